The van der Waals surface area contributed by atoms with Gasteiger partial charge in [0.25, 0.3) is 0 Å². The zero-order valence-electron chi connectivity index (χ0n) is 11.6. The van der Waals surface area contributed by atoms with Gasteiger partial charge in [-0.25, -0.2) is 0 Å². The molecule has 2 aromatic rings. The molecule has 1 N–H and O–H groups in total. The number of nitrogens with zero attached hydrogens (tertiary/aromatic N) is 2. The number of rotatable bonds is 1. The van der Waals surface area contributed by atoms with Crippen LogP contribution in [0.15, 0.2) is 18.2 Å². The molecule has 100 valence electrons. The minimum atomic E-state index is -0.411. The van der Waals surface area contributed by atoms with E-state index in [9.17, 15) is 5.11 Å². The highest BCUT2D eigenvalue weighted by Crippen LogP contribution is 2.48. The fourth-order valence-electron chi connectivity index (χ4n) is 4.06. The van der Waals surface area contributed by atoms with Crippen molar-refractivity contribution in [1.29, 1.82) is 0 Å². The summed E-state index contributed by atoms with van der Waals surface area (Å²) in [6, 6.07) is 6.36. The molecule has 0 spiro atoms. The molecule has 3 aliphatic heterocycles. The van der Waals surface area contributed by atoms with Gasteiger partial charge in [-0.15, -0.1) is 0 Å². The van der Waals surface area contributed by atoms with Crippen LogP contribution in [-0.2, 0) is 7.05 Å². The molecule has 3 aliphatic rings. The average Bonchev–Trinajstić information content (AvgIpc) is 2.76. The van der Waals surface area contributed by atoms with Gasteiger partial charge in [0, 0.05) is 36.7 Å². The molecule has 19 heavy (non-hydrogen) atoms. The standard InChI is InChI=1S/C16H20N2O/c1-10(19)12-4-3-5-13-14-11-6-8-18(9-7-11)16(14)17(2)15(12)13/h3-5,10-11,19H,6-9H2,1-2H3. The molecule has 0 radical (unpaired) electrons. The van der Waals surface area contributed by atoms with Gasteiger partial charge in [-0.05, 0) is 25.7 Å². The Morgan fingerprint density at radius 1 is 1.26 bits per heavy atom. The molecular formula is C16H20N2O. The molecule has 0 aliphatic carbocycles. The molecule has 3 nitrogen and oxygen atoms in total. The third-order valence-electron chi connectivity index (χ3n) is 4.90. The Hall–Kier alpha value is -1.48. The highest BCUT2D eigenvalue weighted by atomic mass is 16.3. The van der Waals surface area contributed by atoms with Gasteiger partial charge in [0.05, 0.1) is 11.6 Å². The SMILES string of the molecule is CC(O)c1cccc2c3c(n(C)c12)N1CCC3CC1. The van der Waals surface area contributed by atoms with E-state index < -0.39 is 6.10 Å². The highest BCUT2D eigenvalue weighted by Gasteiger charge is 2.35. The van der Waals surface area contributed by atoms with Gasteiger partial charge in [-0.2, -0.15) is 0 Å². The number of aliphatic hydroxyl groups excluding tert-OH is 1. The van der Waals surface area contributed by atoms with E-state index in [1.54, 1.807) is 0 Å². The number of benzene rings is 1. The van der Waals surface area contributed by atoms with Gasteiger partial charge in [0.15, 0.2) is 0 Å². The van der Waals surface area contributed by atoms with E-state index in [-0.39, 0.29) is 0 Å². The third kappa shape index (κ3) is 1.36. The van der Waals surface area contributed by atoms with Crippen molar-refractivity contribution in [1.82, 2.24) is 4.57 Å². The van der Waals surface area contributed by atoms with Crippen LogP contribution < -0.4 is 4.90 Å². The summed E-state index contributed by atoms with van der Waals surface area (Å²) >= 11 is 0. The molecule has 1 unspecified atom stereocenters. The fourth-order valence-corrected chi connectivity index (χ4v) is 4.06. The summed E-state index contributed by atoms with van der Waals surface area (Å²) in [6.07, 6.45) is 2.15. The topological polar surface area (TPSA) is 28.4 Å². The van der Waals surface area contributed by atoms with Crippen LogP contribution in [0.2, 0.25) is 0 Å². The number of aliphatic hydroxyl groups is 1. The van der Waals surface area contributed by atoms with E-state index in [1.165, 1.54) is 48.2 Å². The first-order chi connectivity index (χ1) is 9.18. The van der Waals surface area contributed by atoms with Gasteiger partial charge in [-0.1, -0.05) is 18.2 Å². The summed E-state index contributed by atoms with van der Waals surface area (Å²) in [5.41, 5.74) is 3.80. The van der Waals surface area contributed by atoms with Gasteiger partial charge in [0.2, 0.25) is 0 Å². The number of aromatic nitrogens is 1. The quantitative estimate of drug-likeness (QED) is 0.849. The predicted molar refractivity (Wildman–Crippen MR) is 77.7 cm³/mol. The number of hydrogen-bond acceptors (Lipinski definition) is 2. The van der Waals surface area contributed by atoms with Crippen LogP contribution in [0.4, 0.5) is 5.82 Å². The van der Waals surface area contributed by atoms with Crippen molar-refractivity contribution in [2.24, 2.45) is 7.05 Å². The van der Waals surface area contributed by atoms with Crippen molar-refractivity contribution in [3.05, 3.63) is 29.3 Å². The number of fused-ring (bicyclic) bond motifs is 3. The van der Waals surface area contributed by atoms with Gasteiger partial charge in [-0.3, -0.25) is 0 Å². The maximum absolute atomic E-state index is 10.0. The Morgan fingerprint density at radius 2 is 2.00 bits per heavy atom. The summed E-state index contributed by atoms with van der Waals surface area (Å²) in [7, 11) is 2.15. The van der Waals surface area contributed by atoms with Crippen LogP contribution in [0.5, 0.6) is 0 Å². The first kappa shape index (κ1) is 11.4. The molecule has 0 amide bonds. The zero-order chi connectivity index (χ0) is 13.1. The number of anilines is 1. The van der Waals surface area contributed by atoms with Gasteiger partial charge >= 0.3 is 0 Å². The smallest absolute Gasteiger partial charge is 0.112 e. The van der Waals surface area contributed by atoms with Crippen LogP contribution in [0, 0.1) is 0 Å². The van der Waals surface area contributed by atoms with E-state index in [4.69, 9.17) is 0 Å². The molecule has 1 fully saturated rings. The second-order valence-electron chi connectivity index (χ2n) is 5.98. The Kier molecular flexibility index (Phi) is 2.25. The number of para-hydroxylation sites is 1. The van der Waals surface area contributed by atoms with Gasteiger partial charge in [0.1, 0.15) is 5.82 Å². The first-order valence-corrected chi connectivity index (χ1v) is 7.22. The second-order valence-corrected chi connectivity index (χ2v) is 5.98. The normalized spacial score (nSPS) is 20.1. The zero-order valence-corrected chi connectivity index (χ0v) is 11.6. The van der Waals surface area contributed by atoms with Crippen molar-refractivity contribution in [3.63, 3.8) is 0 Å². The van der Waals surface area contributed by atoms with E-state index in [0.717, 1.165) is 5.56 Å². The van der Waals surface area contributed by atoms with E-state index in [2.05, 4.69) is 34.7 Å². The van der Waals surface area contributed by atoms with Crippen molar-refractivity contribution < 1.29 is 5.11 Å². The Bertz CT molecular complexity index is 648. The highest BCUT2D eigenvalue weighted by molar-refractivity contribution is 5.94. The number of hydrogen-bond donors (Lipinski definition) is 1. The maximum Gasteiger partial charge on any atom is 0.112 e. The number of piperidine rings is 1. The predicted octanol–water partition coefficient (Wildman–Crippen LogP) is 2.93. The lowest BCUT2D eigenvalue weighted by molar-refractivity contribution is 0.200. The van der Waals surface area contributed by atoms with Gasteiger partial charge < -0.3 is 14.6 Å². The lowest BCUT2D eigenvalue weighted by Gasteiger charge is -2.41. The van der Waals surface area contributed by atoms with Crippen molar-refractivity contribution in [3.8, 4) is 0 Å². The van der Waals surface area contributed by atoms with Crippen LogP contribution in [0.3, 0.4) is 0 Å². The van der Waals surface area contributed by atoms with Crippen LogP contribution >= 0.6 is 0 Å². The van der Waals surface area contributed by atoms with Crippen LogP contribution in [-0.4, -0.2) is 22.8 Å². The third-order valence-corrected chi connectivity index (χ3v) is 4.90. The van der Waals surface area contributed by atoms with Crippen LogP contribution in [0.1, 0.15) is 42.9 Å². The molecule has 3 heteroatoms. The summed E-state index contributed by atoms with van der Waals surface area (Å²) in [5, 5.41) is 11.4. The Morgan fingerprint density at radius 3 is 2.68 bits per heavy atom. The summed E-state index contributed by atoms with van der Waals surface area (Å²) in [6.45, 7) is 4.23. The molecule has 4 heterocycles. The molecule has 1 atom stereocenters. The monoisotopic (exact) mass is 256 g/mol. The minimum absolute atomic E-state index is 0.411. The molecule has 1 aromatic heterocycles. The molecule has 1 saturated heterocycles. The fraction of sp³-hybridized carbons (Fsp3) is 0.500. The van der Waals surface area contributed by atoms with Crippen molar-refractivity contribution in [2.75, 3.05) is 18.0 Å². The number of aryl methyl sites for hydroxylation is 1. The summed E-state index contributed by atoms with van der Waals surface area (Å²) < 4.78 is 2.30. The molecular weight excluding hydrogens is 236 g/mol. The van der Waals surface area contributed by atoms with E-state index in [1.807, 2.05) is 6.92 Å². The van der Waals surface area contributed by atoms with Crippen molar-refractivity contribution >= 4 is 16.7 Å². The second kappa shape index (κ2) is 3.76. The van der Waals surface area contributed by atoms with Crippen molar-refractivity contribution in [2.45, 2.75) is 31.8 Å². The summed E-state index contributed by atoms with van der Waals surface area (Å²) in [5.74, 6) is 2.11. The largest absolute Gasteiger partial charge is 0.389 e. The Labute approximate surface area is 113 Å². The Balaban J connectivity index is 2.11. The average molecular weight is 256 g/mol. The lowest BCUT2D eigenvalue weighted by atomic mass is 9.84. The molecule has 5 rings (SSSR count). The van der Waals surface area contributed by atoms with Crippen LogP contribution in [0.25, 0.3) is 10.9 Å². The summed E-state index contributed by atoms with van der Waals surface area (Å²) in [4.78, 5) is 2.52. The lowest BCUT2D eigenvalue weighted by Crippen LogP contribution is -2.39. The van der Waals surface area contributed by atoms with E-state index >= 15 is 0 Å². The maximum atomic E-state index is 10.0. The molecule has 0 saturated carbocycles. The van der Waals surface area contributed by atoms with E-state index in [0.29, 0.717) is 5.92 Å². The minimum Gasteiger partial charge on any atom is -0.389 e. The first-order valence-electron chi connectivity index (χ1n) is 7.22. The molecule has 2 bridgehead atoms. The molecule has 1 aromatic carbocycles.